The first-order chi connectivity index (χ1) is 10.9. The molecule has 0 N–H and O–H groups in total. The fourth-order valence-electron chi connectivity index (χ4n) is 5.09. The Kier molecular flexibility index (Phi) is 5.00. The van der Waals surface area contributed by atoms with Crippen molar-refractivity contribution in [3.8, 4) is 0 Å². The van der Waals surface area contributed by atoms with Gasteiger partial charge in [0.25, 0.3) is 0 Å². The van der Waals surface area contributed by atoms with Gasteiger partial charge in [-0.3, -0.25) is 4.90 Å². The van der Waals surface area contributed by atoms with E-state index in [0.717, 1.165) is 32.4 Å². The molecule has 24 heavy (non-hydrogen) atoms. The molecule has 0 spiro atoms. The van der Waals surface area contributed by atoms with Crippen LogP contribution < -0.4 is 0 Å². The minimum atomic E-state index is -3.11. The Bertz CT molecular complexity index is 722. The predicted molar refractivity (Wildman–Crippen MR) is 99.1 cm³/mol. The molecule has 0 amide bonds. The van der Waals surface area contributed by atoms with E-state index < -0.39 is 10.0 Å². The van der Waals surface area contributed by atoms with Crippen LogP contribution in [0.5, 0.6) is 0 Å². The molecule has 3 heterocycles. The molecule has 0 aliphatic carbocycles. The van der Waals surface area contributed by atoms with Crippen molar-refractivity contribution in [3.05, 3.63) is 34.9 Å². The Labute approximate surface area is 151 Å². The number of sulfonamides is 1. The summed E-state index contributed by atoms with van der Waals surface area (Å²) < 4.78 is 26.2. The standard InChI is InChI=1S/C18H26N2O2S.ClH/c1-13-5-3-6-14-8-10-19-12-15-7-4-9-20(23(2,21)22)16(15)11-17(19)18(13)14;/h3,5-6,15-17H,4,7-12H2,1-2H3;1H/t15-,16+,17-;/m1./s1. The van der Waals surface area contributed by atoms with Crippen LogP contribution >= 0.6 is 12.4 Å². The maximum Gasteiger partial charge on any atom is 0.211 e. The van der Waals surface area contributed by atoms with E-state index in [4.69, 9.17) is 0 Å². The molecule has 1 aromatic rings. The van der Waals surface area contributed by atoms with E-state index >= 15 is 0 Å². The first kappa shape index (κ1) is 18.2. The molecule has 1 aromatic carbocycles. The maximum atomic E-state index is 12.2. The molecule has 0 radical (unpaired) electrons. The van der Waals surface area contributed by atoms with E-state index in [1.807, 2.05) is 0 Å². The highest BCUT2D eigenvalue weighted by atomic mass is 35.5. The number of piperidine rings is 2. The molecule has 4 rings (SSSR count). The third kappa shape index (κ3) is 3.00. The Hall–Kier alpha value is -0.620. The van der Waals surface area contributed by atoms with Gasteiger partial charge in [-0.05, 0) is 55.2 Å². The van der Waals surface area contributed by atoms with Crippen molar-refractivity contribution in [2.75, 3.05) is 25.9 Å². The highest BCUT2D eigenvalue weighted by Gasteiger charge is 2.45. The van der Waals surface area contributed by atoms with Crippen LogP contribution in [0.15, 0.2) is 18.2 Å². The van der Waals surface area contributed by atoms with Crippen molar-refractivity contribution < 1.29 is 8.42 Å². The summed E-state index contributed by atoms with van der Waals surface area (Å²) in [6.45, 7) is 5.06. The zero-order valence-corrected chi connectivity index (χ0v) is 16.1. The van der Waals surface area contributed by atoms with Crippen molar-refractivity contribution in [2.45, 2.75) is 44.7 Å². The molecule has 4 nitrogen and oxygen atoms in total. The third-order valence-electron chi connectivity index (χ3n) is 6.08. The van der Waals surface area contributed by atoms with Crippen molar-refractivity contribution in [1.82, 2.24) is 9.21 Å². The van der Waals surface area contributed by atoms with Gasteiger partial charge in [0.15, 0.2) is 0 Å². The van der Waals surface area contributed by atoms with Gasteiger partial charge >= 0.3 is 0 Å². The number of hydrogen-bond donors (Lipinski definition) is 0. The summed E-state index contributed by atoms with van der Waals surface area (Å²) >= 11 is 0. The second-order valence-electron chi connectivity index (χ2n) is 7.49. The van der Waals surface area contributed by atoms with Crippen molar-refractivity contribution in [3.63, 3.8) is 0 Å². The van der Waals surface area contributed by atoms with Crippen LogP contribution in [0.1, 0.15) is 42.0 Å². The minimum Gasteiger partial charge on any atom is -0.296 e. The second kappa shape index (κ2) is 6.60. The lowest BCUT2D eigenvalue weighted by Gasteiger charge is -2.51. The molecule has 0 bridgehead atoms. The molecule has 0 saturated carbocycles. The van der Waals surface area contributed by atoms with Crippen LogP contribution in [0.2, 0.25) is 0 Å². The van der Waals surface area contributed by atoms with Crippen molar-refractivity contribution in [2.24, 2.45) is 5.92 Å². The molecule has 3 aliphatic heterocycles. The van der Waals surface area contributed by atoms with E-state index in [1.54, 1.807) is 4.31 Å². The zero-order chi connectivity index (χ0) is 16.2. The Morgan fingerprint density at radius 2 is 2.00 bits per heavy atom. The number of halogens is 1. The summed E-state index contributed by atoms with van der Waals surface area (Å²) in [7, 11) is -3.11. The first-order valence-electron chi connectivity index (χ1n) is 8.74. The molecule has 0 unspecified atom stereocenters. The Balaban J connectivity index is 0.00000169. The number of fused-ring (bicyclic) bond motifs is 4. The zero-order valence-electron chi connectivity index (χ0n) is 14.4. The van der Waals surface area contributed by atoms with Crippen molar-refractivity contribution in [1.29, 1.82) is 0 Å². The number of benzene rings is 1. The second-order valence-corrected chi connectivity index (χ2v) is 9.42. The SMILES string of the molecule is Cc1cccc2c1[C@H]1C[C@H]3[C@H](CCCN3S(C)(=O)=O)CN1CC2.Cl. The average Bonchev–Trinajstić information content (AvgIpc) is 2.51. The van der Waals surface area contributed by atoms with Crippen LogP contribution in [0.4, 0.5) is 0 Å². The van der Waals surface area contributed by atoms with E-state index in [9.17, 15) is 8.42 Å². The predicted octanol–water partition coefficient (Wildman–Crippen LogP) is 2.76. The van der Waals surface area contributed by atoms with Crippen LogP contribution in [0.3, 0.4) is 0 Å². The van der Waals surface area contributed by atoms with Crippen LogP contribution in [-0.2, 0) is 16.4 Å². The van der Waals surface area contributed by atoms with Gasteiger partial charge in [-0.15, -0.1) is 12.4 Å². The fourth-order valence-corrected chi connectivity index (χ4v) is 6.30. The summed E-state index contributed by atoms with van der Waals surface area (Å²) in [4.78, 5) is 2.61. The van der Waals surface area contributed by atoms with Crippen LogP contribution in [0, 0.1) is 12.8 Å². The lowest BCUT2D eigenvalue weighted by molar-refractivity contribution is 0.0220. The Morgan fingerprint density at radius 3 is 2.75 bits per heavy atom. The van der Waals surface area contributed by atoms with Gasteiger partial charge in [-0.2, -0.15) is 4.31 Å². The van der Waals surface area contributed by atoms with Crippen molar-refractivity contribution >= 4 is 22.4 Å². The largest absolute Gasteiger partial charge is 0.296 e. The third-order valence-corrected chi connectivity index (χ3v) is 7.39. The monoisotopic (exact) mass is 370 g/mol. The van der Waals surface area contributed by atoms with Gasteiger partial charge in [0, 0.05) is 31.7 Å². The summed E-state index contributed by atoms with van der Waals surface area (Å²) in [6, 6.07) is 7.18. The lowest BCUT2D eigenvalue weighted by Crippen LogP contribution is -2.57. The van der Waals surface area contributed by atoms with E-state index in [-0.39, 0.29) is 18.4 Å². The fraction of sp³-hybridized carbons (Fsp3) is 0.667. The summed E-state index contributed by atoms with van der Waals surface area (Å²) in [5, 5.41) is 0. The molecule has 0 aromatic heterocycles. The molecule has 2 saturated heterocycles. The van der Waals surface area contributed by atoms with Crippen LogP contribution in [0.25, 0.3) is 0 Å². The highest BCUT2D eigenvalue weighted by Crippen LogP contribution is 2.44. The van der Waals surface area contributed by atoms with E-state index in [0.29, 0.717) is 18.5 Å². The molecule has 2 fully saturated rings. The lowest BCUT2D eigenvalue weighted by atomic mass is 9.76. The quantitative estimate of drug-likeness (QED) is 0.763. The Morgan fingerprint density at radius 1 is 1.21 bits per heavy atom. The highest BCUT2D eigenvalue weighted by molar-refractivity contribution is 7.88. The smallest absolute Gasteiger partial charge is 0.211 e. The normalized spacial score (nSPS) is 30.7. The number of aryl methyl sites for hydroxylation is 1. The molecule has 3 atom stereocenters. The van der Waals surface area contributed by atoms with Crippen LogP contribution in [-0.4, -0.2) is 49.6 Å². The van der Waals surface area contributed by atoms with Gasteiger partial charge in [-0.25, -0.2) is 8.42 Å². The summed E-state index contributed by atoms with van der Waals surface area (Å²) in [6.07, 6.45) is 5.63. The summed E-state index contributed by atoms with van der Waals surface area (Å²) in [5.74, 6) is 0.500. The average molecular weight is 371 g/mol. The molecule has 134 valence electrons. The molecular weight excluding hydrogens is 344 g/mol. The van der Waals surface area contributed by atoms with Gasteiger partial charge in [0.05, 0.1) is 6.26 Å². The number of nitrogens with zero attached hydrogens (tertiary/aromatic N) is 2. The molecule has 6 heteroatoms. The van der Waals surface area contributed by atoms with E-state index in [2.05, 4.69) is 30.0 Å². The van der Waals surface area contributed by atoms with Gasteiger partial charge < -0.3 is 0 Å². The minimum absolute atomic E-state index is 0. The van der Waals surface area contributed by atoms with Gasteiger partial charge in [0.2, 0.25) is 10.0 Å². The topological polar surface area (TPSA) is 40.6 Å². The number of hydrogen-bond acceptors (Lipinski definition) is 3. The number of rotatable bonds is 1. The van der Waals surface area contributed by atoms with Gasteiger partial charge in [-0.1, -0.05) is 18.2 Å². The molecular formula is C18H27ClN2O2S. The first-order valence-corrected chi connectivity index (χ1v) is 10.6. The van der Waals surface area contributed by atoms with E-state index in [1.165, 1.54) is 29.4 Å². The summed E-state index contributed by atoms with van der Waals surface area (Å²) in [5.41, 5.74) is 4.29. The molecule has 3 aliphatic rings. The van der Waals surface area contributed by atoms with Gasteiger partial charge in [0.1, 0.15) is 0 Å². The maximum absolute atomic E-state index is 12.2.